The summed E-state index contributed by atoms with van der Waals surface area (Å²) in [5.74, 6) is -1.13. The zero-order valence-corrected chi connectivity index (χ0v) is 13.9. The van der Waals surface area contributed by atoms with Crippen molar-refractivity contribution in [2.75, 3.05) is 0 Å². The van der Waals surface area contributed by atoms with E-state index in [0.29, 0.717) is 23.5 Å². The Balaban J connectivity index is 1.82. The van der Waals surface area contributed by atoms with Gasteiger partial charge >= 0.3 is 0 Å². The maximum absolute atomic E-state index is 13.1. The number of benzene rings is 3. The molecule has 3 aromatic rings. The molecule has 0 aromatic heterocycles. The molecule has 0 atom stereocenters. The van der Waals surface area contributed by atoms with Crippen LogP contribution < -0.4 is 9.84 Å². The number of carboxylic acid groups (broad SMARTS) is 1. The second-order valence-electron chi connectivity index (χ2n) is 5.70. The first-order valence-corrected chi connectivity index (χ1v) is 8.07. The number of ether oxygens (including phenoxy) is 1. The second-order valence-corrected chi connectivity index (χ2v) is 5.70. The van der Waals surface area contributed by atoms with Crippen LogP contribution in [0.2, 0.25) is 0 Å². The first-order valence-electron chi connectivity index (χ1n) is 8.07. The van der Waals surface area contributed by atoms with Gasteiger partial charge in [-0.05, 0) is 47.0 Å². The molecule has 0 N–H and O–H groups in total. The average molecular weight is 347 g/mol. The van der Waals surface area contributed by atoms with Crippen molar-refractivity contribution < 1.29 is 19.0 Å². The normalized spacial score (nSPS) is 11.2. The molecule has 0 aliphatic carbocycles. The molecule has 130 valence electrons. The van der Waals surface area contributed by atoms with E-state index in [-0.39, 0.29) is 5.57 Å². The number of hydrogen-bond donors (Lipinski definition) is 0. The lowest BCUT2D eigenvalue weighted by molar-refractivity contribution is -0.295. The number of carbonyl (C=O) groups excluding carboxylic acids is 1. The first kappa shape index (κ1) is 17.4. The zero-order chi connectivity index (χ0) is 18.4. The van der Waals surface area contributed by atoms with Gasteiger partial charge in [-0.1, -0.05) is 54.6 Å². The van der Waals surface area contributed by atoms with E-state index in [1.165, 1.54) is 30.3 Å². The quantitative estimate of drug-likeness (QED) is 0.505. The summed E-state index contributed by atoms with van der Waals surface area (Å²) < 4.78 is 18.8. The minimum atomic E-state index is -1.33. The molecule has 0 aliphatic rings. The van der Waals surface area contributed by atoms with E-state index in [1.54, 1.807) is 24.3 Å². The van der Waals surface area contributed by atoms with Gasteiger partial charge < -0.3 is 14.6 Å². The van der Waals surface area contributed by atoms with Crippen molar-refractivity contribution in [1.29, 1.82) is 0 Å². The van der Waals surface area contributed by atoms with Crippen LogP contribution >= 0.6 is 0 Å². The number of hydrogen-bond acceptors (Lipinski definition) is 3. The van der Waals surface area contributed by atoms with Crippen molar-refractivity contribution in [3.63, 3.8) is 0 Å². The fraction of sp³-hybridized carbons (Fsp3) is 0.0455. The van der Waals surface area contributed by atoms with Crippen molar-refractivity contribution in [1.82, 2.24) is 0 Å². The highest BCUT2D eigenvalue weighted by atomic mass is 19.1. The Bertz CT molecular complexity index is 916. The molecule has 0 saturated carbocycles. The fourth-order valence-electron chi connectivity index (χ4n) is 2.49. The monoisotopic (exact) mass is 347 g/mol. The Morgan fingerprint density at radius 3 is 2.38 bits per heavy atom. The molecule has 3 nitrogen and oxygen atoms in total. The SMILES string of the molecule is O=C([O-])/C(=C/c1cccc(OCc2ccccc2)c1)c1ccc(F)cc1. The molecule has 3 aromatic carbocycles. The van der Waals surface area contributed by atoms with E-state index in [2.05, 4.69) is 0 Å². The van der Waals surface area contributed by atoms with Crippen LogP contribution in [0.3, 0.4) is 0 Å². The molecule has 3 rings (SSSR count). The predicted octanol–water partition coefficient (Wildman–Crippen LogP) is 3.70. The summed E-state index contributed by atoms with van der Waals surface area (Å²) in [6, 6.07) is 22.1. The van der Waals surface area contributed by atoms with Gasteiger partial charge in [0.15, 0.2) is 0 Å². The number of aliphatic carboxylic acids is 1. The van der Waals surface area contributed by atoms with Gasteiger partial charge in [-0.25, -0.2) is 4.39 Å². The molecule has 0 spiro atoms. The Morgan fingerprint density at radius 2 is 1.69 bits per heavy atom. The maximum Gasteiger partial charge on any atom is 0.123 e. The summed E-state index contributed by atoms with van der Waals surface area (Å²) >= 11 is 0. The van der Waals surface area contributed by atoms with Gasteiger partial charge in [0, 0.05) is 5.57 Å². The first-order chi connectivity index (χ1) is 12.6. The third-order valence-electron chi connectivity index (χ3n) is 3.79. The highest BCUT2D eigenvalue weighted by Crippen LogP contribution is 2.21. The lowest BCUT2D eigenvalue weighted by Crippen LogP contribution is -2.23. The fourth-order valence-corrected chi connectivity index (χ4v) is 2.49. The molecule has 0 amide bonds. The summed E-state index contributed by atoms with van der Waals surface area (Å²) in [6.07, 6.45) is 1.48. The van der Waals surface area contributed by atoms with Crippen molar-refractivity contribution in [3.8, 4) is 5.75 Å². The highest BCUT2D eigenvalue weighted by Gasteiger charge is 2.05. The van der Waals surface area contributed by atoms with Gasteiger partial charge in [-0.3, -0.25) is 0 Å². The molecule has 0 bridgehead atoms. The molecule has 0 radical (unpaired) electrons. The Kier molecular flexibility index (Phi) is 5.44. The molecule has 0 saturated heterocycles. The number of halogens is 1. The van der Waals surface area contributed by atoms with Crippen LogP contribution in [-0.2, 0) is 11.4 Å². The van der Waals surface area contributed by atoms with Crippen molar-refractivity contribution in [2.45, 2.75) is 6.61 Å². The lowest BCUT2D eigenvalue weighted by atomic mass is 10.0. The summed E-state index contributed by atoms with van der Waals surface area (Å²) in [7, 11) is 0. The van der Waals surface area contributed by atoms with E-state index in [4.69, 9.17) is 4.74 Å². The number of carbonyl (C=O) groups is 1. The molecule has 0 aliphatic heterocycles. The second kappa shape index (κ2) is 8.12. The van der Waals surface area contributed by atoms with E-state index in [0.717, 1.165) is 5.56 Å². The third-order valence-corrected chi connectivity index (χ3v) is 3.79. The van der Waals surface area contributed by atoms with Crippen LogP contribution in [0.1, 0.15) is 16.7 Å². The summed E-state index contributed by atoms with van der Waals surface area (Å²) in [5.41, 5.74) is 2.04. The standard InChI is InChI=1S/C22H17FO3/c23-19-11-9-18(10-12-19)21(22(24)25)14-17-7-4-8-20(13-17)26-15-16-5-2-1-3-6-16/h1-14H,15H2,(H,24,25)/p-1/b21-14+. The maximum atomic E-state index is 13.1. The third kappa shape index (κ3) is 4.57. The van der Waals surface area contributed by atoms with Crippen LogP contribution in [0, 0.1) is 5.82 Å². The van der Waals surface area contributed by atoms with Gasteiger partial charge in [-0.15, -0.1) is 0 Å². The molecular weight excluding hydrogens is 331 g/mol. The summed E-state index contributed by atoms with van der Waals surface area (Å²) in [4.78, 5) is 11.5. The van der Waals surface area contributed by atoms with Crippen LogP contribution in [-0.4, -0.2) is 5.97 Å². The van der Waals surface area contributed by atoms with E-state index in [1.807, 2.05) is 30.3 Å². The van der Waals surface area contributed by atoms with Gasteiger partial charge in [0.05, 0.1) is 5.97 Å². The zero-order valence-electron chi connectivity index (χ0n) is 13.9. The van der Waals surface area contributed by atoms with Crippen LogP contribution in [0.4, 0.5) is 4.39 Å². The van der Waals surface area contributed by atoms with Crippen molar-refractivity contribution >= 4 is 17.6 Å². The van der Waals surface area contributed by atoms with Gasteiger partial charge in [-0.2, -0.15) is 0 Å². The van der Waals surface area contributed by atoms with Crippen molar-refractivity contribution in [2.24, 2.45) is 0 Å². The summed E-state index contributed by atoms with van der Waals surface area (Å²) in [6.45, 7) is 0.416. The molecule has 0 unspecified atom stereocenters. The largest absolute Gasteiger partial charge is 0.545 e. The van der Waals surface area contributed by atoms with Gasteiger partial charge in [0.1, 0.15) is 18.2 Å². The highest BCUT2D eigenvalue weighted by molar-refractivity contribution is 6.19. The Morgan fingerprint density at radius 1 is 0.962 bits per heavy atom. The van der Waals surface area contributed by atoms with Crippen molar-refractivity contribution in [3.05, 3.63) is 101 Å². The van der Waals surface area contributed by atoms with E-state index in [9.17, 15) is 14.3 Å². The molecule has 0 fully saturated rings. The smallest absolute Gasteiger partial charge is 0.123 e. The van der Waals surface area contributed by atoms with Crippen LogP contribution in [0.15, 0.2) is 78.9 Å². The number of carboxylic acids is 1. The molecule has 4 heteroatoms. The lowest BCUT2D eigenvalue weighted by Gasteiger charge is -2.10. The minimum Gasteiger partial charge on any atom is -0.545 e. The predicted molar refractivity (Wildman–Crippen MR) is 96.5 cm³/mol. The topological polar surface area (TPSA) is 49.4 Å². The van der Waals surface area contributed by atoms with Gasteiger partial charge in [0.25, 0.3) is 0 Å². The molecule has 0 heterocycles. The van der Waals surface area contributed by atoms with Crippen LogP contribution in [0.5, 0.6) is 5.75 Å². The Hall–Kier alpha value is -3.40. The molecule has 26 heavy (non-hydrogen) atoms. The minimum absolute atomic E-state index is 0.0230. The van der Waals surface area contributed by atoms with E-state index < -0.39 is 11.8 Å². The van der Waals surface area contributed by atoms with Crippen LogP contribution in [0.25, 0.3) is 11.6 Å². The van der Waals surface area contributed by atoms with Gasteiger partial charge in [0.2, 0.25) is 0 Å². The molecular formula is C22H16FO3-. The van der Waals surface area contributed by atoms with E-state index >= 15 is 0 Å². The summed E-state index contributed by atoms with van der Waals surface area (Å²) in [5, 5.41) is 11.5. The average Bonchev–Trinajstić information content (AvgIpc) is 2.66. The number of rotatable bonds is 6. The Labute approximate surface area is 151 Å².